The van der Waals surface area contributed by atoms with Crippen LogP contribution in [-0.4, -0.2) is 63.6 Å². The molecular formula is C23H28ClN5O3. The fraction of sp³-hybridized carbons (Fsp3) is 0.478. The number of hydrogen-bond donors (Lipinski definition) is 0. The minimum atomic E-state index is -0.182. The summed E-state index contributed by atoms with van der Waals surface area (Å²) < 4.78 is 1.30. The number of nitrogens with zero attached hydrogens (tertiary/aromatic N) is 5. The van der Waals surface area contributed by atoms with Crippen LogP contribution in [0.2, 0.25) is 5.02 Å². The molecule has 1 saturated heterocycles. The second-order valence-corrected chi connectivity index (χ2v) is 9.20. The van der Waals surface area contributed by atoms with Crippen molar-refractivity contribution >= 4 is 35.1 Å². The molecule has 9 heteroatoms. The molecule has 2 aliphatic rings. The topological polar surface area (TPSA) is 78.8 Å². The molecule has 2 fully saturated rings. The average Bonchev–Trinajstić information content (AvgIpc) is 3.46. The van der Waals surface area contributed by atoms with Crippen molar-refractivity contribution in [3.8, 4) is 0 Å². The first-order chi connectivity index (χ1) is 15.2. The number of hydrogen-bond acceptors (Lipinski definition) is 4. The number of carbonyl (C=O) groups is 3. The molecule has 1 aromatic carbocycles. The largest absolute Gasteiger partial charge is 0.344 e. The molecule has 170 valence electrons. The van der Waals surface area contributed by atoms with E-state index in [-0.39, 0.29) is 23.9 Å². The second kappa shape index (κ2) is 8.94. The number of likely N-dealkylation sites (tertiary alicyclic amines) is 1. The average molecular weight is 458 g/mol. The van der Waals surface area contributed by atoms with Crippen molar-refractivity contribution in [3.63, 3.8) is 0 Å². The zero-order chi connectivity index (χ0) is 23.0. The van der Waals surface area contributed by atoms with Crippen LogP contribution >= 0.6 is 11.6 Å². The van der Waals surface area contributed by atoms with Gasteiger partial charge in [0.1, 0.15) is 0 Å². The van der Waals surface area contributed by atoms with E-state index < -0.39 is 0 Å². The highest BCUT2D eigenvalue weighted by molar-refractivity contribution is 6.31. The van der Waals surface area contributed by atoms with Gasteiger partial charge in [0.15, 0.2) is 0 Å². The van der Waals surface area contributed by atoms with Gasteiger partial charge < -0.3 is 14.7 Å². The third-order valence-corrected chi connectivity index (χ3v) is 7.13. The van der Waals surface area contributed by atoms with Gasteiger partial charge in [0.05, 0.1) is 18.1 Å². The summed E-state index contributed by atoms with van der Waals surface area (Å²) in [5, 5.41) is 4.81. The van der Waals surface area contributed by atoms with Crippen LogP contribution in [0.25, 0.3) is 0 Å². The maximum Gasteiger partial charge on any atom is 0.344 e. The van der Waals surface area contributed by atoms with Gasteiger partial charge >= 0.3 is 6.03 Å². The zero-order valence-corrected chi connectivity index (χ0v) is 19.3. The molecule has 2 aromatic rings. The molecular weight excluding hydrogens is 430 g/mol. The van der Waals surface area contributed by atoms with E-state index in [1.807, 2.05) is 34.1 Å². The summed E-state index contributed by atoms with van der Waals surface area (Å²) >= 11 is 6.31. The maximum absolute atomic E-state index is 12.9. The summed E-state index contributed by atoms with van der Waals surface area (Å²) in [5.74, 6) is 0.631. The number of benzene rings is 1. The number of fused-ring (bicyclic) bond motifs is 1. The van der Waals surface area contributed by atoms with Gasteiger partial charge in [0.25, 0.3) is 0 Å². The molecule has 2 atom stereocenters. The van der Waals surface area contributed by atoms with Crippen LogP contribution in [0, 0.1) is 11.8 Å². The fourth-order valence-electron chi connectivity index (χ4n) is 4.90. The Bertz CT molecular complexity index is 1020. The highest BCUT2D eigenvalue weighted by Crippen LogP contribution is 2.41. The third kappa shape index (κ3) is 4.37. The highest BCUT2D eigenvalue weighted by atomic mass is 35.5. The Balaban J connectivity index is 1.39. The van der Waals surface area contributed by atoms with Crippen molar-refractivity contribution in [2.24, 2.45) is 11.8 Å². The van der Waals surface area contributed by atoms with E-state index in [1.165, 1.54) is 22.7 Å². The minimum absolute atomic E-state index is 0.0430. The molecule has 1 aliphatic heterocycles. The van der Waals surface area contributed by atoms with Gasteiger partial charge in [-0.05, 0) is 36.3 Å². The van der Waals surface area contributed by atoms with Gasteiger partial charge in [-0.1, -0.05) is 29.8 Å². The quantitative estimate of drug-likeness (QED) is 0.706. The molecule has 1 aromatic heterocycles. The lowest BCUT2D eigenvalue weighted by atomic mass is 10.0. The van der Waals surface area contributed by atoms with Crippen LogP contribution in [0.15, 0.2) is 36.7 Å². The van der Waals surface area contributed by atoms with E-state index in [4.69, 9.17) is 11.6 Å². The minimum Gasteiger partial charge on any atom is -0.336 e. The zero-order valence-electron chi connectivity index (χ0n) is 18.6. The van der Waals surface area contributed by atoms with Gasteiger partial charge in [-0.15, -0.1) is 0 Å². The fourth-order valence-corrected chi connectivity index (χ4v) is 5.10. The van der Waals surface area contributed by atoms with E-state index >= 15 is 0 Å². The van der Waals surface area contributed by atoms with E-state index in [2.05, 4.69) is 5.10 Å². The first-order valence-corrected chi connectivity index (χ1v) is 11.2. The second-order valence-electron chi connectivity index (χ2n) is 8.79. The smallest absolute Gasteiger partial charge is 0.336 e. The number of amides is 3. The van der Waals surface area contributed by atoms with Crippen LogP contribution in [0.3, 0.4) is 0 Å². The Hall–Kier alpha value is -2.87. The maximum atomic E-state index is 12.9. The molecule has 0 spiro atoms. The predicted molar refractivity (Wildman–Crippen MR) is 121 cm³/mol. The lowest BCUT2D eigenvalue weighted by Gasteiger charge is -2.30. The standard InChI is InChI=1S/C23H28ClN5O3/c1-15(30)26(3)21-10-25-29(14-21)23(32)27-11-18-8-20(9-19(18)12-27)28(16(2)31)13-17-6-4-5-7-22(17)24/h4-7,10,14,18-20H,8-9,11-13H2,1-3H3. The normalized spacial score (nSPS) is 22.0. The lowest BCUT2D eigenvalue weighted by molar-refractivity contribution is -0.131. The molecule has 2 heterocycles. The third-order valence-electron chi connectivity index (χ3n) is 6.76. The van der Waals surface area contributed by atoms with Crippen LogP contribution < -0.4 is 4.90 Å². The molecule has 0 bridgehead atoms. The molecule has 0 radical (unpaired) electrons. The number of halogens is 1. The van der Waals surface area contributed by atoms with Crippen molar-refractivity contribution in [2.75, 3.05) is 25.0 Å². The Morgan fingerprint density at radius 1 is 1.09 bits per heavy atom. The molecule has 8 nitrogen and oxygen atoms in total. The summed E-state index contributed by atoms with van der Waals surface area (Å²) in [4.78, 5) is 42.1. The van der Waals surface area contributed by atoms with Crippen molar-refractivity contribution in [1.82, 2.24) is 19.6 Å². The number of aromatic nitrogens is 2. The van der Waals surface area contributed by atoms with Crippen molar-refractivity contribution < 1.29 is 14.4 Å². The monoisotopic (exact) mass is 457 g/mol. The molecule has 0 N–H and O–H groups in total. The summed E-state index contributed by atoms with van der Waals surface area (Å²) in [5.41, 5.74) is 1.53. The first-order valence-electron chi connectivity index (χ1n) is 10.8. The Morgan fingerprint density at radius 3 is 2.34 bits per heavy atom. The van der Waals surface area contributed by atoms with Gasteiger partial charge in [-0.2, -0.15) is 9.78 Å². The number of anilines is 1. The van der Waals surface area contributed by atoms with Crippen LogP contribution in [0.4, 0.5) is 10.5 Å². The molecule has 3 amide bonds. The van der Waals surface area contributed by atoms with Gasteiger partial charge in [0.2, 0.25) is 11.8 Å². The van der Waals surface area contributed by atoms with E-state index in [0.717, 1.165) is 18.4 Å². The summed E-state index contributed by atoms with van der Waals surface area (Å²) in [6.45, 7) is 4.87. The predicted octanol–water partition coefficient (Wildman–Crippen LogP) is 3.25. The highest BCUT2D eigenvalue weighted by Gasteiger charge is 2.45. The van der Waals surface area contributed by atoms with E-state index in [9.17, 15) is 14.4 Å². The molecule has 2 unspecified atom stereocenters. The van der Waals surface area contributed by atoms with Crippen molar-refractivity contribution in [1.29, 1.82) is 0 Å². The Labute approximate surface area is 192 Å². The van der Waals surface area contributed by atoms with E-state index in [1.54, 1.807) is 20.2 Å². The molecule has 4 rings (SSSR count). The molecule has 1 saturated carbocycles. The van der Waals surface area contributed by atoms with Crippen LogP contribution in [-0.2, 0) is 16.1 Å². The first kappa shape index (κ1) is 22.3. The van der Waals surface area contributed by atoms with Gasteiger partial charge in [-0.3, -0.25) is 9.59 Å². The summed E-state index contributed by atoms with van der Waals surface area (Å²) in [6, 6.07) is 7.58. The summed E-state index contributed by atoms with van der Waals surface area (Å²) in [6.07, 6.45) is 4.85. The lowest BCUT2D eigenvalue weighted by Crippen LogP contribution is -2.39. The van der Waals surface area contributed by atoms with Crippen molar-refractivity contribution in [3.05, 3.63) is 47.2 Å². The summed E-state index contributed by atoms with van der Waals surface area (Å²) in [7, 11) is 1.65. The van der Waals surface area contributed by atoms with Gasteiger partial charge in [0, 0.05) is 51.6 Å². The van der Waals surface area contributed by atoms with Gasteiger partial charge in [-0.25, -0.2) is 4.79 Å². The SMILES string of the molecule is CC(=O)N(C)c1cnn(C(=O)N2CC3CC(N(Cc4ccccc4Cl)C(C)=O)CC3C2)c1. The molecule has 32 heavy (non-hydrogen) atoms. The Kier molecular flexibility index (Phi) is 6.24. The number of carbonyl (C=O) groups excluding carboxylic acids is 3. The molecule has 1 aliphatic carbocycles. The van der Waals surface area contributed by atoms with Crippen molar-refractivity contribution in [2.45, 2.75) is 39.3 Å². The van der Waals surface area contributed by atoms with Crippen LogP contribution in [0.5, 0.6) is 0 Å². The number of rotatable bonds is 4. The van der Waals surface area contributed by atoms with E-state index in [0.29, 0.717) is 42.2 Å². The Morgan fingerprint density at radius 2 is 1.75 bits per heavy atom. The van der Waals surface area contributed by atoms with Crippen LogP contribution in [0.1, 0.15) is 32.3 Å².